The first-order valence-electron chi connectivity index (χ1n) is 12.1. The summed E-state index contributed by atoms with van der Waals surface area (Å²) in [4.78, 5) is 15.5. The standard InChI is InChI=1S/C25H27F4N5O4S/c1-3-39(36,37)30-14-19-7-8-20(23-31-32-24(38-23)25(27,28)29)21(22(19)26)18-6-4-5-17(13-18)15-33-9-11-34(12-10-33)16(2)35/h4-8,13,30H,3,9-12,14-15H2,1-2H3. The van der Waals surface area contributed by atoms with Gasteiger partial charge < -0.3 is 9.32 Å². The highest BCUT2D eigenvalue weighted by Gasteiger charge is 2.38. The first-order chi connectivity index (χ1) is 18.4. The van der Waals surface area contributed by atoms with Crippen LogP contribution in [0.1, 0.15) is 30.9 Å². The molecule has 1 saturated heterocycles. The third-order valence-electron chi connectivity index (χ3n) is 6.42. The van der Waals surface area contributed by atoms with Gasteiger partial charge in [0.25, 0.3) is 0 Å². The molecule has 210 valence electrons. The largest absolute Gasteiger partial charge is 0.470 e. The number of halogens is 4. The summed E-state index contributed by atoms with van der Waals surface area (Å²) in [6.07, 6.45) is -4.88. The van der Waals surface area contributed by atoms with E-state index in [0.717, 1.165) is 5.56 Å². The van der Waals surface area contributed by atoms with Crippen molar-refractivity contribution in [3.8, 4) is 22.6 Å². The molecule has 9 nitrogen and oxygen atoms in total. The molecular weight excluding hydrogens is 542 g/mol. The Labute approximate surface area is 222 Å². The molecule has 3 aromatic rings. The first-order valence-corrected chi connectivity index (χ1v) is 13.8. The minimum absolute atomic E-state index is 0.00732. The SMILES string of the molecule is CCS(=O)(=O)NCc1ccc(-c2nnc(C(F)(F)F)o2)c(-c2cccc(CN3CCN(C(C)=O)CC3)c2)c1F. The van der Waals surface area contributed by atoms with Gasteiger partial charge >= 0.3 is 12.1 Å². The van der Waals surface area contributed by atoms with Crippen molar-refractivity contribution < 1.29 is 35.2 Å². The Hall–Kier alpha value is -3.36. The van der Waals surface area contributed by atoms with Crippen molar-refractivity contribution in [3.05, 3.63) is 59.2 Å². The first kappa shape index (κ1) is 28.6. The Morgan fingerprint density at radius 1 is 1.10 bits per heavy atom. The molecule has 14 heteroatoms. The number of rotatable bonds is 8. The summed E-state index contributed by atoms with van der Waals surface area (Å²) in [5.41, 5.74) is 0.989. The predicted octanol–water partition coefficient (Wildman–Crippen LogP) is 3.66. The Morgan fingerprint density at radius 3 is 2.44 bits per heavy atom. The van der Waals surface area contributed by atoms with E-state index in [2.05, 4.69) is 19.8 Å². The second-order valence-corrected chi connectivity index (χ2v) is 11.2. The molecule has 39 heavy (non-hydrogen) atoms. The molecule has 1 amide bonds. The van der Waals surface area contributed by atoms with Gasteiger partial charge in [0.1, 0.15) is 5.82 Å². The summed E-state index contributed by atoms with van der Waals surface area (Å²) in [5, 5.41) is 6.54. The van der Waals surface area contributed by atoms with Crippen molar-refractivity contribution in [1.29, 1.82) is 0 Å². The lowest BCUT2D eigenvalue weighted by Gasteiger charge is -2.34. The monoisotopic (exact) mass is 569 g/mol. The van der Waals surface area contributed by atoms with Crippen molar-refractivity contribution in [2.24, 2.45) is 0 Å². The number of aromatic nitrogens is 2. The lowest BCUT2D eigenvalue weighted by atomic mass is 9.94. The highest BCUT2D eigenvalue weighted by atomic mass is 32.2. The van der Waals surface area contributed by atoms with E-state index in [4.69, 9.17) is 4.42 Å². The second kappa shape index (κ2) is 11.4. The number of amides is 1. The van der Waals surface area contributed by atoms with Crippen LogP contribution in [0, 0.1) is 5.82 Å². The van der Waals surface area contributed by atoms with Crippen LogP contribution < -0.4 is 4.72 Å². The molecule has 0 aliphatic carbocycles. The van der Waals surface area contributed by atoms with Gasteiger partial charge in [-0.05, 0) is 30.2 Å². The number of nitrogens with zero attached hydrogens (tertiary/aromatic N) is 4. The van der Waals surface area contributed by atoms with Gasteiger partial charge in [0.15, 0.2) is 0 Å². The number of sulfonamides is 1. The number of piperazine rings is 1. The van der Waals surface area contributed by atoms with E-state index in [1.807, 2.05) is 6.07 Å². The van der Waals surface area contributed by atoms with Gasteiger partial charge in [-0.2, -0.15) is 13.2 Å². The molecule has 0 unspecified atom stereocenters. The van der Waals surface area contributed by atoms with E-state index in [1.54, 1.807) is 23.1 Å². The quantitative estimate of drug-likeness (QED) is 0.413. The summed E-state index contributed by atoms with van der Waals surface area (Å²) in [6, 6.07) is 9.44. The molecule has 1 N–H and O–H groups in total. The molecule has 4 rings (SSSR count). The summed E-state index contributed by atoms with van der Waals surface area (Å²) in [7, 11) is -3.63. The highest BCUT2D eigenvalue weighted by molar-refractivity contribution is 7.89. The molecule has 2 heterocycles. The number of alkyl halides is 3. The summed E-state index contributed by atoms with van der Waals surface area (Å²) in [6.45, 7) is 5.58. The summed E-state index contributed by atoms with van der Waals surface area (Å²) in [5.74, 6) is -3.12. The van der Waals surface area contributed by atoms with E-state index in [1.165, 1.54) is 26.0 Å². The summed E-state index contributed by atoms with van der Waals surface area (Å²) >= 11 is 0. The van der Waals surface area contributed by atoms with Gasteiger partial charge in [-0.25, -0.2) is 17.5 Å². The molecule has 1 aromatic heterocycles. The van der Waals surface area contributed by atoms with Gasteiger partial charge in [0, 0.05) is 62.9 Å². The van der Waals surface area contributed by atoms with Gasteiger partial charge in [0.05, 0.1) is 5.75 Å². The average molecular weight is 570 g/mol. The fraction of sp³-hybridized carbons (Fsp3) is 0.400. The molecule has 1 fully saturated rings. The van der Waals surface area contributed by atoms with Crippen molar-refractivity contribution in [1.82, 2.24) is 24.7 Å². The number of nitrogens with one attached hydrogen (secondary N) is 1. The van der Waals surface area contributed by atoms with Crippen LogP contribution in [0.15, 0.2) is 40.8 Å². The lowest BCUT2D eigenvalue weighted by Crippen LogP contribution is -2.47. The van der Waals surface area contributed by atoms with Crippen LogP contribution in [-0.4, -0.2) is 66.3 Å². The molecule has 1 aliphatic rings. The minimum Gasteiger partial charge on any atom is -0.413 e. The van der Waals surface area contributed by atoms with E-state index in [9.17, 15) is 26.4 Å². The summed E-state index contributed by atoms with van der Waals surface area (Å²) < 4.78 is 86.2. The van der Waals surface area contributed by atoms with Crippen LogP contribution in [-0.2, 0) is 34.1 Å². The molecule has 2 aromatic carbocycles. The number of carbonyl (C=O) groups is 1. The van der Waals surface area contributed by atoms with Gasteiger partial charge in [-0.3, -0.25) is 9.69 Å². The van der Waals surface area contributed by atoms with Gasteiger partial charge in [-0.15, -0.1) is 10.2 Å². The number of hydrogen-bond donors (Lipinski definition) is 1. The number of carbonyl (C=O) groups excluding carboxylic acids is 1. The number of hydrogen-bond acceptors (Lipinski definition) is 7. The second-order valence-electron chi connectivity index (χ2n) is 9.08. The van der Waals surface area contributed by atoms with Crippen LogP contribution in [0.4, 0.5) is 17.6 Å². The van der Waals surface area contributed by atoms with E-state index in [-0.39, 0.29) is 34.9 Å². The van der Waals surface area contributed by atoms with Crippen LogP contribution in [0.5, 0.6) is 0 Å². The van der Waals surface area contributed by atoms with Crippen molar-refractivity contribution in [2.45, 2.75) is 33.1 Å². The smallest absolute Gasteiger partial charge is 0.413 e. The maximum Gasteiger partial charge on any atom is 0.470 e. The maximum absolute atomic E-state index is 15.9. The third-order valence-corrected chi connectivity index (χ3v) is 7.77. The molecule has 0 spiro atoms. The fourth-order valence-electron chi connectivity index (χ4n) is 4.26. The Bertz CT molecular complexity index is 1450. The maximum atomic E-state index is 15.9. The Morgan fingerprint density at radius 2 is 1.82 bits per heavy atom. The van der Waals surface area contributed by atoms with Crippen LogP contribution in [0.2, 0.25) is 0 Å². The van der Waals surface area contributed by atoms with Crippen molar-refractivity contribution in [3.63, 3.8) is 0 Å². The molecule has 0 atom stereocenters. The zero-order valence-corrected chi connectivity index (χ0v) is 22.1. The zero-order chi connectivity index (χ0) is 28.4. The van der Waals surface area contributed by atoms with E-state index in [0.29, 0.717) is 38.3 Å². The minimum atomic E-state index is -4.88. The number of benzene rings is 2. The van der Waals surface area contributed by atoms with Crippen LogP contribution in [0.3, 0.4) is 0 Å². The van der Waals surface area contributed by atoms with Gasteiger partial charge in [-0.1, -0.05) is 24.3 Å². The normalized spacial score (nSPS) is 15.1. The van der Waals surface area contributed by atoms with Crippen molar-refractivity contribution in [2.75, 3.05) is 31.9 Å². The molecule has 0 bridgehead atoms. The molecule has 0 saturated carbocycles. The fourth-order valence-corrected chi connectivity index (χ4v) is 4.84. The zero-order valence-electron chi connectivity index (χ0n) is 21.3. The predicted molar refractivity (Wildman–Crippen MR) is 134 cm³/mol. The third kappa shape index (κ3) is 6.81. The average Bonchev–Trinajstić information content (AvgIpc) is 3.39. The van der Waals surface area contributed by atoms with E-state index >= 15 is 4.39 Å². The molecular formula is C25H27F4N5O4S. The van der Waals surface area contributed by atoms with Crippen LogP contribution >= 0.6 is 0 Å². The van der Waals surface area contributed by atoms with Crippen LogP contribution in [0.25, 0.3) is 22.6 Å². The van der Waals surface area contributed by atoms with Crippen molar-refractivity contribution >= 4 is 15.9 Å². The molecule has 0 radical (unpaired) electrons. The lowest BCUT2D eigenvalue weighted by molar-refractivity contribution is -0.157. The topological polar surface area (TPSA) is 109 Å². The Kier molecular flexibility index (Phi) is 8.37. The van der Waals surface area contributed by atoms with E-state index < -0.39 is 33.8 Å². The highest BCUT2D eigenvalue weighted by Crippen LogP contribution is 2.38. The molecule has 1 aliphatic heterocycles. The van der Waals surface area contributed by atoms with Gasteiger partial charge in [0.2, 0.25) is 21.8 Å². The Balaban J connectivity index is 1.71.